The molecule has 1 amide bonds. The largest absolute Gasteiger partial charge is 0.497 e. The van der Waals surface area contributed by atoms with E-state index in [9.17, 15) is 4.79 Å². The zero-order valence-electron chi connectivity index (χ0n) is 14.2. The Morgan fingerprint density at radius 2 is 2.28 bits per heavy atom. The van der Waals surface area contributed by atoms with Gasteiger partial charge < -0.3 is 19.3 Å². The van der Waals surface area contributed by atoms with Gasteiger partial charge in [0.25, 0.3) is 0 Å². The van der Waals surface area contributed by atoms with Crippen molar-refractivity contribution in [3.05, 3.63) is 36.1 Å². The summed E-state index contributed by atoms with van der Waals surface area (Å²) in [6.07, 6.45) is 3.16. The van der Waals surface area contributed by atoms with Gasteiger partial charge in [0.15, 0.2) is 5.76 Å². The maximum Gasteiger partial charge on any atom is 0.249 e. The third-order valence-electron chi connectivity index (χ3n) is 5.22. The topological polar surface area (TPSA) is 73.6 Å². The van der Waals surface area contributed by atoms with E-state index < -0.39 is 0 Å². The molecule has 2 fully saturated rings. The first kappa shape index (κ1) is 16.1. The van der Waals surface area contributed by atoms with E-state index in [0.717, 1.165) is 23.4 Å². The van der Waals surface area contributed by atoms with Crippen molar-refractivity contribution in [1.82, 2.24) is 10.5 Å². The lowest BCUT2D eigenvalue weighted by atomic mass is 9.94. The number of fused-ring (bicyclic) bond motifs is 1. The Balaban J connectivity index is 1.37. The Kier molecular flexibility index (Phi) is 4.44. The molecule has 2 heterocycles. The number of carbonyl (C=O) groups excluding carboxylic acids is 1. The maximum absolute atomic E-state index is 12.4. The van der Waals surface area contributed by atoms with Crippen molar-refractivity contribution in [2.45, 2.75) is 31.9 Å². The Hall–Kier alpha value is -2.34. The molecule has 1 aromatic carbocycles. The third kappa shape index (κ3) is 3.26. The van der Waals surface area contributed by atoms with Crippen molar-refractivity contribution in [3.8, 4) is 17.0 Å². The normalized spacial score (nSPS) is 24.9. The molecule has 1 aromatic heterocycles. The molecule has 25 heavy (non-hydrogen) atoms. The highest BCUT2D eigenvalue weighted by Crippen LogP contribution is 2.40. The number of amides is 1. The summed E-state index contributed by atoms with van der Waals surface area (Å²) < 4.78 is 16.3. The van der Waals surface area contributed by atoms with Crippen molar-refractivity contribution >= 4 is 5.91 Å². The van der Waals surface area contributed by atoms with Crippen molar-refractivity contribution < 1.29 is 18.8 Å². The second-order valence-electron chi connectivity index (χ2n) is 6.74. The molecule has 0 radical (unpaired) electrons. The third-order valence-corrected chi connectivity index (χ3v) is 5.22. The van der Waals surface area contributed by atoms with Crippen LogP contribution < -0.4 is 10.1 Å². The minimum Gasteiger partial charge on any atom is -0.497 e. The van der Waals surface area contributed by atoms with Gasteiger partial charge in [0.05, 0.1) is 20.3 Å². The van der Waals surface area contributed by atoms with Gasteiger partial charge in [-0.05, 0) is 36.8 Å². The Morgan fingerprint density at radius 1 is 1.36 bits per heavy atom. The summed E-state index contributed by atoms with van der Waals surface area (Å²) in [5.74, 6) is 2.27. The molecular formula is C19H22N2O4. The van der Waals surface area contributed by atoms with Crippen LogP contribution in [0.3, 0.4) is 0 Å². The highest BCUT2D eigenvalue weighted by Gasteiger charge is 2.43. The molecule has 6 heteroatoms. The summed E-state index contributed by atoms with van der Waals surface area (Å²) in [7, 11) is 1.63. The number of hydrogen-bond donors (Lipinski definition) is 1. The van der Waals surface area contributed by atoms with Crippen LogP contribution in [0.25, 0.3) is 11.3 Å². The zero-order chi connectivity index (χ0) is 17.2. The van der Waals surface area contributed by atoms with E-state index in [1.54, 1.807) is 7.11 Å². The van der Waals surface area contributed by atoms with E-state index in [1.807, 2.05) is 30.3 Å². The van der Waals surface area contributed by atoms with Crippen molar-refractivity contribution in [3.63, 3.8) is 0 Å². The van der Waals surface area contributed by atoms with Crippen LogP contribution in [0.1, 0.15) is 25.0 Å². The first-order chi connectivity index (χ1) is 12.2. The molecule has 1 saturated carbocycles. The van der Waals surface area contributed by atoms with Gasteiger partial charge in [-0.15, -0.1) is 0 Å². The average molecular weight is 342 g/mol. The molecular weight excluding hydrogens is 320 g/mol. The van der Waals surface area contributed by atoms with Crippen LogP contribution in [0.5, 0.6) is 5.75 Å². The lowest BCUT2D eigenvalue weighted by Gasteiger charge is -2.15. The lowest BCUT2D eigenvalue weighted by Crippen LogP contribution is -2.37. The van der Waals surface area contributed by atoms with E-state index in [1.165, 1.54) is 12.8 Å². The van der Waals surface area contributed by atoms with Crippen LogP contribution in [0.15, 0.2) is 34.9 Å². The van der Waals surface area contributed by atoms with Crippen LogP contribution in [0.2, 0.25) is 0 Å². The van der Waals surface area contributed by atoms with Gasteiger partial charge in [0, 0.05) is 11.6 Å². The number of rotatable bonds is 5. The number of ether oxygens (including phenoxy) is 2. The van der Waals surface area contributed by atoms with Gasteiger partial charge in [-0.25, -0.2) is 0 Å². The second kappa shape index (κ2) is 6.88. The zero-order valence-corrected chi connectivity index (χ0v) is 14.2. The van der Waals surface area contributed by atoms with Crippen LogP contribution in [0, 0.1) is 11.8 Å². The van der Waals surface area contributed by atoms with Crippen LogP contribution in [-0.4, -0.2) is 30.9 Å². The molecule has 4 rings (SSSR count). The first-order valence-corrected chi connectivity index (χ1v) is 8.74. The van der Waals surface area contributed by atoms with E-state index in [4.69, 9.17) is 14.0 Å². The summed E-state index contributed by atoms with van der Waals surface area (Å²) in [6.45, 7) is 1.03. The maximum atomic E-state index is 12.4. The summed E-state index contributed by atoms with van der Waals surface area (Å²) in [5, 5.41) is 7.00. The van der Waals surface area contributed by atoms with E-state index >= 15 is 0 Å². The minimum atomic E-state index is -0.312. The molecule has 1 saturated heterocycles. The fourth-order valence-corrected chi connectivity index (χ4v) is 3.88. The second-order valence-corrected chi connectivity index (χ2v) is 6.74. The van der Waals surface area contributed by atoms with E-state index in [0.29, 0.717) is 30.7 Å². The van der Waals surface area contributed by atoms with Crippen LogP contribution >= 0.6 is 0 Å². The molecule has 6 nitrogen and oxygen atoms in total. The Bertz CT molecular complexity index is 757. The molecule has 2 aliphatic rings. The molecule has 3 atom stereocenters. The Morgan fingerprint density at radius 3 is 3.16 bits per heavy atom. The predicted octanol–water partition coefficient (Wildman–Crippen LogP) is 2.78. The fraction of sp³-hybridized carbons (Fsp3) is 0.474. The highest BCUT2D eigenvalue weighted by atomic mass is 16.5. The van der Waals surface area contributed by atoms with E-state index in [2.05, 4.69) is 10.5 Å². The number of hydrogen-bond acceptors (Lipinski definition) is 5. The number of aromatic nitrogens is 1. The van der Waals surface area contributed by atoms with Crippen molar-refractivity contribution in [2.24, 2.45) is 11.8 Å². The van der Waals surface area contributed by atoms with E-state index in [-0.39, 0.29) is 12.0 Å². The van der Waals surface area contributed by atoms with Gasteiger partial charge in [-0.1, -0.05) is 23.7 Å². The number of nitrogens with one attached hydrogen (secondary N) is 1. The molecule has 1 aliphatic carbocycles. The minimum absolute atomic E-state index is 0.0475. The van der Waals surface area contributed by atoms with Crippen LogP contribution in [0.4, 0.5) is 0 Å². The molecule has 0 unspecified atom stereocenters. The Labute approximate surface area is 146 Å². The quantitative estimate of drug-likeness (QED) is 0.904. The predicted molar refractivity (Wildman–Crippen MR) is 90.9 cm³/mol. The monoisotopic (exact) mass is 342 g/mol. The fourth-order valence-electron chi connectivity index (χ4n) is 3.88. The van der Waals surface area contributed by atoms with Crippen molar-refractivity contribution in [2.75, 3.05) is 13.7 Å². The van der Waals surface area contributed by atoms with Gasteiger partial charge in [-0.2, -0.15) is 0 Å². The van der Waals surface area contributed by atoms with Crippen LogP contribution in [-0.2, 0) is 16.1 Å². The first-order valence-electron chi connectivity index (χ1n) is 8.74. The summed E-state index contributed by atoms with van der Waals surface area (Å²) >= 11 is 0. The van der Waals surface area contributed by atoms with Gasteiger partial charge in [-0.3, -0.25) is 4.79 Å². The van der Waals surface area contributed by atoms with Crippen molar-refractivity contribution in [1.29, 1.82) is 0 Å². The highest BCUT2D eigenvalue weighted by molar-refractivity contribution is 5.81. The number of nitrogens with zero attached hydrogens (tertiary/aromatic N) is 1. The molecule has 2 aromatic rings. The summed E-state index contributed by atoms with van der Waals surface area (Å²) in [4.78, 5) is 12.4. The smallest absolute Gasteiger partial charge is 0.249 e. The number of methoxy groups -OCH3 is 1. The molecule has 0 spiro atoms. The standard InChI is InChI=1S/C19H22N2O4/c1-23-14-6-2-4-12(8-14)17-9-15(25-21-17)10-20-19(22)18-16-7-3-5-13(16)11-24-18/h2,4,6,8-9,13,16,18H,3,5,7,10-11H2,1H3,(H,20,22)/t13-,16-,18+/m0/s1. The van der Waals surface area contributed by atoms with Gasteiger partial charge in [0.1, 0.15) is 17.5 Å². The van der Waals surface area contributed by atoms with Gasteiger partial charge >= 0.3 is 0 Å². The molecule has 132 valence electrons. The number of carbonyl (C=O) groups is 1. The lowest BCUT2D eigenvalue weighted by molar-refractivity contribution is -0.132. The summed E-state index contributed by atoms with van der Waals surface area (Å²) in [5.41, 5.74) is 1.63. The number of benzene rings is 1. The molecule has 0 bridgehead atoms. The van der Waals surface area contributed by atoms with Gasteiger partial charge in [0.2, 0.25) is 5.91 Å². The summed E-state index contributed by atoms with van der Waals surface area (Å²) in [6, 6.07) is 9.45. The molecule has 1 aliphatic heterocycles. The average Bonchev–Trinajstić information content (AvgIpc) is 3.36. The molecule has 1 N–H and O–H groups in total. The SMILES string of the molecule is COc1cccc(-c2cc(CNC(=O)[C@@H]3OC[C@@H]4CCC[C@@H]43)on2)c1.